The number of nitrogens with zero attached hydrogens (tertiary/aromatic N) is 4. The van der Waals surface area contributed by atoms with E-state index in [9.17, 15) is 4.79 Å². The number of pyridine rings is 2. The first-order valence-electron chi connectivity index (χ1n) is 8.27. The van der Waals surface area contributed by atoms with Crippen LogP contribution in [0.5, 0.6) is 0 Å². The third-order valence-corrected chi connectivity index (χ3v) is 4.67. The maximum absolute atomic E-state index is 12.7. The molecule has 0 aliphatic carbocycles. The highest BCUT2D eigenvalue weighted by Crippen LogP contribution is 2.25. The molecule has 0 unspecified atom stereocenters. The van der Waals surface area contributed by atoms with Gasteiger partial charge in [0.05, 0.1) is 5.39 Å². The quantitative estimate of drug-likeness (QED) is 0.785. The number of H-pyrrole nitrogens is 1. The number of hydrogen-bond acceptors (Lipinski definition) is 5. The maximum atomic E-state index is 12.7. The lowest BCUT2D eigenvalue weighted by atomic mass is 10.00. The summed E-state index contributed by atoms with van der Waals surface area (Å²) in [5, 5.41) is 0.526. The highest BCUT2D eigenvalue weighted by Gasteiger charge is 2.19. The molecule has 6 nitrogen and oxygen atoms in total. The van der Waals surface area contributed by atoms with E-state index in [2.05, 4.69) is 31.8 Å². The lowest BCUT2D eigenvalue weighted by Crippen LogP contribution is -2.35. The lowest BCUT2D eigenvalue weighted by molar-refractivity contribution is 0.434. The topological polar surface area (TPSA) is 74.8 Å². The van der Waals surface area contributed by atoms with Gasteiger partial charge in [-0.2, -0.15) is 4.98 Å². The normalized spacial score (nSPS) is 15.8. The zero-order chi connectivity index (χ0) is 16.5. The van der Waals surface area contributed by atoms with E-state index in [1.54, 1.807) is 18.6 Å². The van der Waals surface area contributed by atoms with E-state index in [0.717, 1.165) is 43.0 Å². The highest BCUT2D eigenvalue weighted by molar-refractivity contribution is 5.91. The second kappa shape index (κ2) is 6.03. The number of aromatic amines is 1. The Kier molecular flexibility index (Phi) is 3.72. The average molecular weight is 321 g/mol. The summed E-state index contributed by atoms with van der Waals surface area (Å²) in [6.45, 7) is 4.09. The zero-order valence-corrected chi connectivity index (χ0v) is 13.6. The van der Waals surface area contributed by atoms with Crippen LogP contribution in [0.1, 0.15) is 19.8 Å². The summed E-state index contributed by atoms with van der Waals surface area (Å²) in [5.41, 5.74) is 2.11. The van der Waals surface area contributed by atoms with Crippen LogP contribution in [-0.4, -0.2) is 33.0 Å². The monoisotopic (exact) mass is 321 g/mol. The molecule has 4 heterocycles. The number of hydrogen-bond donors (Lipinski definition) is 1. The van der Waals surface area contributed by atoms with Gasteiger partial charge in [0.1, 0.15) is 0 Å². The summed E-state index contributed by atoms with van der Waals surface area (Å²) in [5.74, 6) is 1.35. The first-order chi connectivity index (χ1) is 11.7. The largest absolute Gasteiger partial charge is 0.342 e. The Hall–Kier alpha value is -2.76. The Morgan fingerprint density at radius 1 is 1.12 bits per heavy atom. The molecule has 0 radical (unpaired) electrons. The van der Waals surface area contributed by atoms with Crippen LogP contribution in [0.2, 0.25) is 0 Å². The molecule has 0 bridgehead atoms. The second-order valence-electron chi connectivity index (χ2n) is 6.35. The van der Waals surface area contributed by atoms with Crippen molar-refractivity contribution >= 4 is 17.0 Å². The minimum absolute atomic E-state index is 0.145. The van der Waals surface area contributed by atoms with Gasteiger partial charge in [0.2, 0.25) is 5.95 Å². The zero-order valence-electron chi connectivity index (χ0n) is 13.6. The van der Waals surface area contributed by atoms with E-state index >= 15 is 0 Å². The summed E-state index contributed by atoms with van der Waals surface area (Å²) in [4.78, 5) is 30.8. The van der Waals surface area contributed by atoms with Gasteiger partial charge in [0, 0.05) is 31.7 Å². The molecule has 6 heteroatoms. The van der Waals surface area contributed by atoms with Gasteiger partial charge in [-0.05, 0) is 48.1 Å². The van der Waals surface area contributed by atoms with E-state index in [4.69, 9.17) is 0 Å². The van der Waals surface area contributed by atoms with Gasteiger partial charge >= 0.3 is 0 Å². The molecule has 3 aromatic rings. The molecule has 1 N–H and O–H groups in total. The minimum Gasteiger partial charge on any atom is -0.342 e. The fraction of sp³-hybridized carbons (Fsp3) is 0.333. The van der Waals surface area contributed by atoms with Crippen LogP contribution in [0, 0.1) is 5.92 Å². The van der Waals surface area contributed by atoms with Crippen LogP contribution < -0.4 is 10.5 Å². The lowest BCUT2D eigenvalue weighted by Gasteiger charge is -2.30. The van der Waals surface area contributed by atoms with Crippen LogP contribution in [0.25, 0.3) is 22.2 Å². The Bertz CT molecular complexity index is 914. The van der Waals surface area contributed by atoms with Crippen LogP contribution in [0.3, 0.4) is 0 Å². The standard InChI is InChI=1S/C18H19N5O/c1-12-5-10-23(11-6-12)18-21-16-15(17(24)22-18)14(4-9-20-16)13-2-7-19-8-3-13/h2-4,7-9,12H,5-6,10-11H2,1H3,(H,20,21,22,24). The molecule has 1 aliphatic rings. The molecule has 1 fully saturated rings. The fourth-order valence-electron chi connectivity index (χ4n) is 3.19. The third-order valence-electron chi connectivity index (χ3n) is 4.67. The van der Waals surface area contributed by atoms with Crippen molar-refractivity contribution in [2.24, 2.45) is 5.92 Å². The number of nitrogens with one attached hydrogen (secondary N) is 1. The Morgan fingerprint density at radius 2 is 1.88 bits per heavy atom. The summed E-state index contributed by atoms with van der Waals surface area (Å²) < 4.78 is 0. The summed E-state index contributed by atoms with van der Waals surface area (Å²) >= 11 is 0. The van der Waals surface area contributed by atoms with Gasteiger partial charge in [0.15, 0.2) is 5.65 Å². The van der Waals surface area contributed by atoms with Crippen LogP contribution in [0.15, 0.2) is 41.6 Å². The predicted octanol–water partition coefficient (Wildman–Crippen LogP) is 2.62. The van der Waals surface area contributed by atoms with Gasteiger partial charge in [0.25, 0.3) is 5.56 Å². The minimum atomic E-state index is -0.145. The summed E-state index contributed by atoms with van der Waals surface area (Å²) in [6.07, 6.45) is 7.37. The summed E-state index contributed by atoms with van der Waals surface area (Å²) in [7, 11) is 0. The van der Waals surface area contributed by atoms with E-state index in [1.165, 1.54) is 0 Å². The van der Waals surface area contributed by atoms with Crippen molar-refractivity contribution in [3.8, 4) is 11.1 Å². The molecule has 0 aromatic carbocycles. The maximum Gasteiger partial charge on any atom is 0.262 e. The third kappa shape index (κ3) is 2.64. The van der Waals surface area contributed by atoms with Gasteiger partial charge in [-0.15, -0.1) is 0 Å². The molecule has 24 heavy (non-hydrogen) atoms. The van der Waals surface area contributed by atoms with Crippen molar-refractivity contribution in [1.29, 1.82) is 0 Å². The Morgan fingerprint density at radius 3 is 2.62 bits per heavy atom. The van der Waals surface area contributed by atoms with E-state index < -0.39 is 0 Å². The molecule has 3 aromatic heterocycles. The van der Waals surface area contributed by atoms with E-state index in [0.29, 0.717) is 17.0 Å². The molecule has 0 spiro atoms. The Balaban J connectivity index is 1.82. The number of aromatic nitrogens is 4. The van der Waals surface area contributed by atoms with Crippen LogP contribution in [0.4, 0.5) is 5.95 Å². The van der Waals surface area contributed by atoms with E-state index in [-0.39, 0.29) is 5.56 Å². The van der Waals surface area contributed by atoms with Gasteiger partial charge in [-0.25, -0.2) is 4.98 Å². The molecule has 0 amide bonds. The molecule has 1 aliphatic heterocycles. The number of fused-ring (bicyclic) bond motifs is 1. The second-order valence-corrected chi connectivity index (χ2v) is 6.35. The van der Waals surface area contributed by atoms with Crippen molar-refractivity contribution in [1.82, 2.24) is 19.9 Å². The van der Waals surface area contributed by atoms with Crippen molar-refractivity contribution < 1.29 is 0 Å². The SMILES string of the molecule is CC1CCN(c2nc3nccc(-c4ccncc4)c3c(=O)[nH]2)CC1. The first kappa shape index (κ1) is 14.8. The van der Waals surface area contributed by atoms with Crippen LogP contribution >= 0.6 is 0 Å². The smallest absolute Gasteiger partial charge is 0.262 e. The molecular formula is C18H19N5O. The van der Waals surface area contributed by atoms with Crippen LogP contribution in [-0.2, 0) is 0 Å². The van der Waals surface area contributed by atoms with E-state index in [1.807, 2.05) is 18.2 Å². The molecule has 4 rings (SSSR count). The Labute approximate surface area is 139 Å². The molecule has 0 atom stereocenters. The average Bonchev–Trinajstić information content (AvgIpc) is 2.62. The van der Waals surface area contributed by atoms with Crippen molar-refractivity contribution in [3.05, 3.63) is 47.1 Å². The molecule has 0 saturated carbocycles. The molecule has 122 valence electrons. The van der Waals surface area contributed by atoms with Gasteiger partial charge < -0.3 is 4.90 Å². The fourth-order valence-corrected chi connectivity index (χ4v) is 3.19. The number of piperidine rings is 1. The number of rotatable bonds is 2. The summed E-state index contributed by atoms with van der Waals surface area (Å²) in [6, 6.07) is 5.61. The molecular weight excluding hydrogens is 302 g/mol. The van der Waals surface area contributed by atoms with Crippen molar-refractivity contribution in [2.45, 2.75) is 19.8 Å². The van der Waals surface area contributed by atoms with Crippen molar-refractivity contribution in [2.75, 3.05) is 18.0 Å². The number of anilines is 1. The predicted molar refractivity (Wildman–Crippen MR) is 94.0 cm³/mol. The highest BCUT2D eigenvalue weighted by atomic mass is 16.1. The van der Waals surface area contributed by atoms with Gasteiger partial charge in [-0.1, -0.05) is 6.92 Å². The first-order valence-corrected chi connectivity index (χ1v) is 8.27. The van der Waals surface area contributed by atoms with Crippen molar-refractivity contribution in [3.63, 3.8) is 0 Å². The molecule has 1 saturated heterocycles. The van der Waals surface area contributed by atoms with Gasteiger partial charge in [-0.3, -0.25) is 14.8 Å².